The second-order valence-corrected chi connectivity index (χ2v) is 4.64. The van der Waals surface area contributed by atoms with E-state index < -0.39 is 0 Å². The molecule has 106 valence electrons. The van der Waals surface area contributed by atoms with Crippen molar-refractivity contribution in [2.45, 2.75) is 13.0 Å². The number of ether oxygens (including phenoxy) is 3. The Labute approximate surface area is 117 Å². The van der Waals surface area contributed by atoms with Crippen molar-refractivity contribution in [2.75, 3.05) is 26.1 Å². The summed E-state index contributed by atoms with van der Waals surface area (Å²) in [5, 5.41) is 0. The zero-order chi connectivity index (χ0) is 13.9. The maximum absolute atomic E-state index is 6.08. The number of hydrogen-bond acceptors (Lipinski definition) is 5. The van der Waals surface area contributed by atoms with Crippen LogP contribution in [0, 0.1) is 0 Å². The molecule has 1 aromatic heterocycles. The summed E-state index contributed by atoms with van der Waals surface area (Å²) in [4.78, 5) is 0. The standard InChI is InChI=1S/C15H17NO4/c1-17-9-10-3-4-13(20-10)11-7-14-15(8-12(11)16)19-6-2-5-18-14/h3-4,7-8H,2,5-6,9,16H2,1H3. The molecule has 0 bridgehead atoms. The van der Waals surface area contributed by atoms with Crippen LogP contribution in [0.25, 0.3) is 11.3 Å². The molecule has 0 saturated carbocycles. The Kier molecular flexibility index (Phi) is 3.52. The van der Waals surface area contributed by atoms with E-state index in [0.717, 1.165) is 17.7 Å². The van der Waals surface area contributed by atoms with Crippen molar-refractivity contribution < 1.29 is 18.6 Å². The lowest BCUT2D eigenvalue weighted by molar-refractivity contribution is 0.165. The van der Waals surface area contributed by atoms with Crippen LogP contribution >= 0.6 is 0 Å². The molecule has 0 radical (unpaired) electrons. The third-order valence-electron chi connectivity index (χ3n) is 3.13. The molecule has 2 aromatic rings. The zero-order valence-electron chi connectivity index (χ0n) is 11.3. The first-order chi connectivity index (χ1) is 9.78. The molecule has 1 aliphatic heterocycles. The van der Waals surface area contributed by atoms with Gasteiger partial charge in [-0.2, -0.15) is 0 Å². The van der Waals surface area contributed by atoms with Crippen LogP contribution in [0.15, 0.2) is 28.7 Å². The van der Waals surface area contributed by atoms with Gasteiger partial charge in [-0.25, -0.2) is 0 Å². The van der Waals surface area contributed by atoms with Gasteiger partial charge in [0.15, 0.2) is 11.5 Å². The van der Waals surface area contributed by atoms with Gasteiger partial charge >= 0.3 is 0 Å². The van der Waals surface area contributed by atoms with Crippen molar-refractivity contribution in [1.29, 1.82) is 0 Å². The van der Waals surface area contributed by atoms with Crippen LogP contribution in [0.4, 0.5) is 5.69 Å². The highest BCUT2D eigenvalue weighted by molar-refractivity contribution is 5.77. The Morgan fingerprint density at radius 1 is 1.15 bits per heavy atom. The summed E-state index contributed by atoms with van der Waals surface area (Å²) in [5.74, 6) is 2.85. The summed E-state index contributed by atoms with van der Waals surface area (Å²) in [7, 11) is 1.63. The van der Waals surface area contributed by atoms with E-state index in [0.29, 0.717) is 42.8 Å². The molecule has 5 nitrogen and oxygen atoms in total. The van der Waals surface area contributed by atoms with E-state index in [1.54, 1.807) is 13.2 Å². The summed E-state index contributed by atoms with van der Waals surface area (Å²) in [5.41, 5.74) is 7.49. The Morgan fingerprint density at radius 2 is 1.90 bits per heavy atom. The predicted molar refractivity (Wildman–Crippen MR) is 74.9 cm³/mol. The molecular formula is C15H17NO4. The normalized spacial score (nSPS) is 14.1. The highest BCUT2D eigenvalue weighted by Gasteiger charge is 2.16. The number of fused-ring (bicyclic) bond motifs is 1. The average molecular weight is 275 g/mol. The lowest BCUT2D eigenvalue weighted by Gasteiger charge is -2.11. The van der Waals surface area contributed by atoms with Crippen LogP contribution < -0.4 is 15.2 Å². The van der Waals surface area contributed by atoms with Crippen molar-refractivity contribution in [3.05, 3.63) is 30.0 Å². The fourth-order valence-corrected chi connectivity index (χ4v) is 2.18. The van der Waals surface area contributed by atoms with E-state index in [1.165, 1.54) is 0 Å². The van der Waals surface area contributed by atoms with Gasteiger partial charge in [0.25, 0.3) is 0 Å². The van der Waals surface area contributed by atoms with Crippen molar-refractivity contribution in [2.24, 2.45) is 0 Å². The number of nitrogens with two attached hydrogens (primary N) is 1. The maximum Gasteiger partial charge on any atom is 0.163 e. The molecular weight excluding hydrogens is 258 g/mol. The van der Waals surface area contributed by atoms with E-state index in [1.807, 2.05) is 18.2 Å². The summed E-state index contributed by atoms with van der Waals surface area (Å²) in [6.45, 7) is 1.72. The minimum atomic E-state index is 0.435. The molecule has 0 aliphatic carbocycles. The van der Waals surface area contributed by atoms with E-state index >= 15 is 0 Å². The molecule has 3 rings (SSSR count). The topological polar surface area (TPSA) is 66.9 Å². The average Bonchev–Trinajstić information content (AvgIpc) is 2.77. The Hall–Kier alpha value is -2.14. The Balaban J connectivity index is 1.98. The van der Waals surface area contributed by atoms with Gasteiger partial charge in [-0.15, -0.1) is 0 Å². The first-order valence-electron chi connectivity index (χ1n) is 6.55. The van der Waals surface area contributed by atoms with Gasteiger partial charge in [-0.1, -0.05) is 0 Å². The summed E-state index contributed by atoms with van der Waals surface area (Å²) >= 11 is 0. The number of anilines is 1. The van der Waals surface area contributed by atoms with Gasteiger partial charge in [0.05, 0.1) is 13.2 Å². The number of hydrogen-bond donors (Lipinski definition) is 1. The van der Waals surface area contributed by atoms with E-state index in [4.69, 9.17) is 24.4 Å². The van der Waals surface area contributed by atoms with Crippen LogP contribution in [0.3, 0.4) is 0 Å². The zero-order valence-corrected chi connectivity index (χ0v) is 11.3. The molecule has 0 spiro atoms. The fraction of sp³-hybridized carbons (Fsp3) is 0.333. The quantitative estimate of drug-likeness (QED) is 0.872. The number of furan rings is 1. The summed E-state index contributed by atoms with van der Waals surface area (Å²) < 4.78 is 22.0. The minimum absolute atomic E-state index is 0.435. The highest BCUT2D eigenvalue weighted by atomic mass is 16.5. The Morgan fingerprint density at radius 3 is 2.65 bits per heavy atom. The molecule has 1 aromatic carbocycles. The second-order valence-electron chi connectivity index (χ2n) is 4.64. The Bertz CT molecular complexity index is 606. The van der Waals surface area contributed by atoms with Crippen LogP contribution in [0.2, 0.25) is 0 Å². The van der Waals surface area contributed by atoms with Crippen molar-refractivity contribution in [3.8, 4) is 22.8 Å². The molecule has 1 aliphatic rings. The minimum Gasteiger partial charge on any atom is -0.490 e. The van der Waals surface area contributed by atoms with E-state index in [-0.39, 0.29) is 0 Å². The second kappa shape index (κ2) is 5.46. The van der Waals surface area contributed by atoms with Crippen molar-refractivity contribution in [3.63, 3.8) is 0 Å². The van der Waals surface area contributed by atoms with Gasteiger partial charge in [0, 0.05) is 30.8 Å². The number of methoxy groups -OCH3 is 1. The van der Waals surface area contributed by atoms with Crippen LogP contribution in [-0.2, 0) is 11.3 Å². The van der Waals surface area contributed by atoms with E-state index in [2.05, 4.69) is 0 Å². The first kappa shape index (κ1) is 12.9. The largest absolute Gasteiger partial charge is 0.490 e. The molecule has 5 heteroatoms. The fourth-order valence-electron chi connectivity index (χ4n) is 2.18. The van der Waals surface area contributed by atoms with Gasteiger partial charge in [-0.05, 0) is 18.2 Å². The third-order valence-corrected chi connectivity index (χ3v) is 3.13. The molecule has 2 N–H and O–H groups in total. The highest BCUT2D eigenvalue weighted by Crippen LogP contribution is 2.39. The summed E-state index contributed by atoms with van der Waals surface area (Å²) in [6, 6.07) is 7.41. The third kappa shape index (κ3) is 2.44. The van der Waals surface area contributed by atoms with Crippen LogP contribution in [0.1, 0.15) is 12.2 Å². The van der Waals surface area contributed by atoms with Crippen molar-refractivity contribution >= 4 is 5.69 Å². The molecule has 0 atom stereocenters. The lowest BCUT2D eigenvalue weighted by atomic mass is 10.1. The van der Waals surface area contributed by atoms with E-state index in [9.17, 15) is 0 Å². The molecule has 0 fully saturated rings. The van der Waals surface area contributed by atoms with Crippen LogP contribution in [-0.4, -0.2) is 20.3 Å². The van der Waals surface area contributed by atoms with Crippen LogP contribution in [0.5, 0.6) is 11.5 Å². The van der Waals surface area contributed by atoms with Gasteiger partial charge in [0.1, 0.15) is 18.1 Å². The monoisotopic (exact) mass is 275 g/mol. The molecule has 0 saturated heterocycles. The lowest BCUT2D eigenvalue weighted by Crippen LogP contribution is -1.97. The molecule has 0 amide bonds. The molecule has 2 heterocycles. The summed E-state index contributed by atoms with van der Waals surface area (Å²) in [6.07, 6.45) is 0.864. The molecule has 20 heavy (non-hydrogen) atoms. The number of rotatable bonds is 3. The maximum atomic E-state index is 6.08. The van der Waals surface area contributed by atoms with Gasteiger partial charge < -0.3 is 24.4 Å². The van der Waals surface area contributed by atoms with Gasteiger partial charge in [-0.3, -0.25) is 0 Å². The smallest absolute Gasteiger partial charge is 0.163 e. The molecule has 0 unspecified atom stereocenters. The number of benzene rings is 1. The SMILES string of the molecule is COCc1ccc(-c2cc3c(cc2N)OCCCO3)o1. The van der Waals surface area contributed by atoms with Crippen molar-refractivity contribution in [1.82, 2.24) is 0 Å². The first-order valence-corrected chi connectivity index (χ1v) is 6.55. The van der Waals surface area contributed by atoms with Gasteiger partial charge in [0.2, 0.25) is 0 Å². The predicted octanol–water partition coefficient (Wildman–Crippen LogP) is 2.84. The number of nitrogen functional groups attached to an aromatic ring is 1.